The predicted octanol–water partition coefficient (Wildman–Crippen LogP) is 1.56. The zero-order chi connectivity index (χ0) is 14.2. The molecule has 1 aromatic rings. The van der Waals surface area contributed by atoms with Gasteiger partial charge in [0.1, 0.15) is 18.3 Å². The average molecular weight is 273 g/mol. The summed E-state index contributed by atoms with van der Waals surface area (Å²) in [5.74, 6) is -0.887. The molecule has 0 aromatic heterocycles. The van der Waals surface area contributed by atoms with Gasteiger partial charge < -0.3 is 16.2 Å². The van der Waals surface area contributed by atoms with Crippen molar-refractivity contribution in [3.63, 3.8) is 0 Å². The summed E-state index contributed by atoms with van der Waals surface area (Å²) in [5.41, 5.74) is 9.17. The second kappa shape index (κ2) is 4.73. The number of nitrogens with two attached hydrogens (primary N) is 2. The van der Waals surface area contributed by atoms with Crippen LogP contribution in [0.25, 0.3) is 0 Å². The van der Waals surface area contributed by atoms with E-state index in [0.717, 1.165) is 6.07 Å². The minimum absolute atomic E-state index is 0.0442. The van der Waals surface area contributed by atoms with Crippen LogP contribution in [0.4, 0.5) is 18.9 Å². The summed E-state index contributed by atoms with van der Waals surface area (Å²) < 4.78 is 46.0. The van der Waals surface area contributed by atoms with Crippen molar-refractivity contribution in [1.29, 1.82) is 0 Å². The Morgan fingerprint density at radius 1 is 1.37 bits per heavy atom. The predicted molar refractivity (Wildman–Crippen MR) is 65.7 cm³/mol. The number of rotatable bonds is 2. The van der Waals surface area contributed by atoms with E-state index in [1.807, 2.05) is 0 Å². The van der Waals surface area contributed by atoms with Crippen LogP contribution in [0.3, 0.4) is 0 Å². The van der Waals surface area contributed by atoms with E-state index in [9.17, 15) is 13.2 Å². The molecule has 0 saturated heterocycles. The molecule has 19 heavy (non-hydrogen) atoms. The van der Waals surface area contributed by atoms with Gasteiger partial charge in [0.2, 0.25) is 0 Å². The fourth-order valence-corrected chi connectivity index (χ4v) is 2.21. The SMILES string of the molecule is Cc1c(N)ccc(F)c1[C@]1(C(F)F)COCC(N)=N1. The third-order valence-corrected chi connectivity index (χ3v) is 3.17. The van der Waals surface area contributed by atoms with Crippen molar-refractivity contribution in [3.8, 4) is 0 Å². The van der Waals surface area contributed by atoms with Crippen LogP contribution in [0.5, 0.6) is 0 Å². The van der Waals surface area contributed by atoms with Crippen molar-refractivity contribution in [1.82, 2.24) is 0 Å². The van der Waals surface area contributed by atoms with Crippen molar-refractivity contribution in [2.24, 2.45) is 10.7 Å². The molecule has 104 valence electrons. The normalized spacial score (nSPS) is 23.5. The van der Waals surface area contributed by atoms with Gasteiger partial charge in [-0.25, -0.2) is 13.2 Å². The number of nitrogen functional groups attached to an aromatic ring is 1. The number of alkyl halides is 2. The molecule has 0 saturated carbocycles. The molecule has 0 fully saturated rings. The number of benzene rings is 1. The lowest BCUT2D eigenvalue weighted by Gasteiger charge is -2.34. The Labute approximate surface area is 108 Å². The number of nitrogens with zero attached hydrogens (tertiary/aromatic N) is 1. The van der Waals surface area contributed by atoms with Crippen LogP contribution in [0.15, 0.2) is 17.1 Å². The first-order valence-electron chi connectivity index (χ1n) is 5.63. The summed E-state index contributed by atoms with van der Waals surface area (Å²) in [4.78, 5) is 3.77. The highest BCUT2D eigenvalue weighted by atomic mass is 19.3. The van der Waals surface area contributed by atoms with Gasteiger partial charge in [0.25, 0.3) is 6.43 Å². The quantitative estimate of drug-likeness (QED) is 0.803. The van der Waals surface area contributed by atoms with Crippen LogP contribution in [0, 0.1) is 12.7 Å². The molecule has 0 unspecified atom stereocenters. The molecule has 1 aliphatic heterocycles. The molecular weight excluding hydrogens is 259 g/mol. The third kappa shape index (κ3) is 2.14. The highest BCUT2D eigenvalue weighted by Gasteiger charge is 2.47. The molecule has 1 heterocycles. The first-order valence-corrected chi connectivity index (χ1v) is 5.63. The van der Waals surface area contributed by atoms with Gasteiger partial charge in [0, 0.05) is 11.3 Å². The van der Waals surface area contributed by atoms with Gasteiger partial charge in [0.15, 0.2) is 5.54 Å². The van der Waals surface area contributed by atoms with Crippen molar-refractivity contribution in [2.45, 2.75) is 18.9 Å². The fourth-order valence-electron chi connectivity index (χ4n) is 2.21. The van der Waals surface area contributed by atoms with E-state index in [1.165, 1.54) is 13.0 Å². The maximum absolute atomic E-state index is 14.0. The highest BCUT2D eigenvalue weighted by Crippen LogP contribution is 2.39. The standard InChI is InChI=1S/C12H14F3N3O/c1-6-8(16)3-2-7(13)10(6)12(11(14)15)5-19-4-9(17)18-12/h2-3,11H,4-5,16H2,1H3,(H2,17,18)/t12-/m0/s1. The van der Waals surface area contributed by atoms with Gasteiger partial charge in [-0.1, -0.05) is 0 Å². The van der Waals surface area contributed by atoms with E-state index in [-0.39, 0.29) is 29.3 Å². The Bertz CT molecular complexity index is 533. The van der Waals surface area contributed by atoms with Crippen molar-refractivity contribution >= 4 is 11.5 Å². The van der Waals surface area contributed by atoms with Crippen LogP contribution >= 0.6 is 0 Å². The summed E-state index contributed by atoms with van der Waals surface area (Å²) in [6.45, 7) is 0.988. The lowest BCUT2D eigenvalue weighted by molar-refractivity contribution is -0.0149. The first-order chi connectivity index (χ1) is 8.88. The van der Waals surface area contributed by atoms with E-state index in [0.29, 0.717) is 0 Å². The maximum atomic E-state index is 14.0. The van der Waals surface area contributed by atoms with E-state index in [2.05, 4.69) is 4.99 Å². The molecule has 0 radical (unpaired) electrons. The number of amidine groups is 1. The highest BCUT2D eigenvalue weighted by molar-refractivity contribution is 5.83. The fraction of sp³-hybridized carbons (Fsp3) is 0.417. The van der Waals surface area contributed by atoms with Crippen molar-refractivity contribution < 1.29 is 17.9 Å². The second-order valence-corrected chi connectivity index (χ2v) is 4.46. The van der Waals surface area contributed by atoms with E-state index in [4.69, 9.17) is 16.2 Å². The lowest BCUT2D eigenvalue weighted by atomic mass is 9.86. The topological polar surface area (TPSA) is 73.6 Å². The molecule has 1 aromatic carbocycles. The van der Waals surface area contributed by atoms with Crippen LogP contribution in [0.2, 0.25) is 0 Å². The number of aliphatic imine (C=N–C) groups is 1. The zero-order valence-electron chi connectivity index (χ0n) is 10.3. The van der Waals surface area contributed by atoms with Gasteiger partial charge in [-0.05, 0) is 24.6 Å². The van der Waals surface area contributed by atoms with Crippen LogP contribution in [0.1, 0.15) is 11.1 Å². The number of hydrogen-bond acceptors (Lipinski definition) is 4. The van der Waals surface area contributed by atoms with Gasteiger partial charge in [-0.3, -0.25) is 4.99 Å². The summed E-state index contributed by atoms with van der Waals surface area (Å²) in [5, 5.41) is 0. The average Bonchev–Trinajstić information content (AvgIpc) is 2.34. The number of anilines is 1. The lowest BCUT2D eigenvalue weighted by Crippen LogP contribution is -2.45. The van der Waals surface area contributed by atoms with Crippen LogP contribution in [-0.4, -0.2) is 25.5 Å². The molecule has 0 aliphatic carbocycles. The van der Waals surface area contributed by atoms with E-state index >= 15 is 0 Å². The maximum Gasteiger partial charge on any atom is 0.269 e. The Kier molecular flexibility index (Phi) is 3.40. The van der Waals surface area contributed by atoms with Gasteiger partial charge >= 0.3 is 0 Å². The van der Waals surface area contributed by atoms with Crippen molar-refractivity contribution in [3.05, 3.63) is 29.1 Å². The zero-order valence-corrected chi connectivity index (χ0v) is 10.3. The Morgan fingerprint density at radius 3 is 2.63 bits per heavy atom. The van der Waals surface area contributed by atoms with Crippen LogP contribution < -0.4 is 11.5 Å². The second-order valence-electron chi connectivity index (χ2n) is 4.46. The molecule has 0 spiro atoms. The molecule has 0 bridgehead atoms. The minimum atomic E-state index is -2.96. The third-order valence-electron chi connectivity index (χ3n) is 3.17. The summed E-state index contributed by atoms with van der Waals surface area (Å²) in [6.07, 6.45) is -2.96. The smallest absolute Gasteiger partial charge is 0.269 e. The Hall–Kier alpha value is -1.76. The molecule has 1 aliphatic rings. The summed E-state index contributed by atoms with van der Waals surface area (Å²) in [6, 6.07) is 2.37. The molecule has 7 heteroatoms. The molecule has 1 atom stereocenters. The van der Waals surface area contributed by atoms with Crippen LogP contribution in [-0.2, 0) is 10.3 Å². The molecule has 2 rings (SSSR count). The van der Waals surface area contributed by atoms with Crippen molar-refractivity contribution in [2.75, 3.05) is 18.9 Å². The first kappa shape index (κ1) is 13.7. The van der Waals surface area contributed by atoms with E-state index < -0.39 is 24.4 Å². The minimum Gasteiger partial charge on any atom is -0.399 e. The Balaban J connectivity index is 2.71. The molecule has 4 N–H and O–H groups in total. The number of halogens is 3. The summed E-state index contributed by atoms with van der Waals surface area (Å²) >= 11 is 0. The molecular formula is C12H14F3N3O. The van der Waals surface area contributed by atoms with Gasteiger partial charge in [-0.15, -0.1) is 0 Å². The Morgan fingerprint density at radius 2 is 2.05 bits per heavy atom. The molecule has 4 nitrogen and oxygen atoms in total. The van der Waals surface area contributed by atoms with Gasteiger partial charge in [-0.2, -0.15) is 0 Å². The largest absolute Gasteiger partial charge is 0.399 e. The summed E-state index contributed by atoms with van der Waals surface area (Å²) in [7, 11) is 0. The molecule has 0 amide bonds. The van der Waals surface area contributed by atoms with Gasteiger partial charge in [0.05, 0.1) is 6.61 Å². The van der Waals surface area contributed by atoms with E-state index in [1.54, 1.807) is 0 Å². The monoisotopic (exact) mass is 273 g/mol. The number of hydrogen-bond donors (Lipinski definition) is 2. The number of ether oxygens (including phenoxy) is 1.